The van der Waals surface area contributed by atoms with Crippen molar-refractivity contribution >= 4 is 0 Å². The predicted molar refractivity (Wildman–Crippen MR) is 34.1 cm³/mol. The van der Waals surface area contributed by atoms with Crippen LogP contribution in [0.4, 0.5) is 0 Å². The Morgan fingerprint density at radius 2 is 2.25 bits per heavy atom. The molecule has 0 aliphatic heterocycles. The molecule has 0 fully saturated rings. The SMILES string of the molecule is CC=C(C)C(C)C[O]. The molecule has 0 N–H and O–H groups in total. The Kier molecular flexibility index (Phi) is 3.53. The molecule has 0 aromatic heterocycles. The fourth-order valence-corrected chi connectivity index (χ4v) is 0.416. The maximum Gasteiger partial charge on any atom is 0.0884 e. The van der Waals surface area contributed by atoms with Crippen molar-refractivity contribution in [3.8, 4) is 0 Å². The molecule has 0 aliphatic carbocycles. The first kappa shape index (κ1) is 7.70. The van der Waals surface area contributed by atoms with Crippen molar-refractivity contribution in [3.63, 3.8) is 0 Å². The van der Waals surface area contributed by atoms with Crippen LogP contribution in [-0.4, -0.2) is 6.61 Å². The second-order valence-electron chi connectivity index (χ2n) is 2.10. The number of hydrogen-bond donors (Lipinski definition) is 0. The molecular weight excluding hydrogens is 100 g/mol. The van der Waals surface area contributed by atoms with Gasteiger partial charge in [0, 0.05) is 5.92 Å². The molecule has 0 aromatic rings. The van der Waals surface area contributed by atoms with Crippen LogP contribution in [0.1, 0.15) is 20.8 Å². The summed E-state index contributed by atoms with van der Waals surface area (Å²) in [5.74, 6) is 0.222. The van der Waals surface area contributed by atoms with E-state index in [1.807, 2.05) is 26.8 Å². The maximum atomic E-state index is 10.2. The Bertz CT molecular complexity index is 84.4. The molecular formula is C7H13O. The Hall–Kier alpha value is -0.300. The number of rotatable bonds is 2. The molecule has 0 spiro atoms. The Morgan fingerprint density at radius 1 is 1.75 bits per heavy atom. The van der Waals surface area contributed by atoms with Crippen molar-refractivity contribution in [1.82, 2.24) is 0 Å². The number of hydrogen-bond acceptors (Lipinski definition) is 0. The first-order chi connectivity index (χ1) is 3.72. The lowest BCUT2D eigenvalue weighted by Gasteiger charge is -2.03. The van der Waals surface area contributed by atoms with E-state index in [2.05, 4.69) is 0 Å². The molecule has 47 valence electrons. The van der Waals surface area contributed by atoms with E-state index in [-0.39, 0.29) is 12.5 Å². The van der Waals surface area contributed by atoms with E-state index in [0.29, 0.717) is 0 Å². The van der Waals surface area contributed by atoms with Crippen molar-refractivity contribution in [1.29, 1.82) is 0 Å². The zero-order chi connectivity index (χ0) is 6.57. The van der Waals surface area contributed by atoms with E-state index in [4.69, 9.17) is 0 Å². The second kappa shape index (κ2) is 3.67. The van der Waals surface area contributed by atoms with Gasteiger partial charge in [-0.25, -0.2) is 5.11 Å². The molecule has 1 unspecified atom stereocenters. The van der Waals surface area contributed by atoms with Crippen molar-refractivity contribution < 1.29 is 5.11 Å². The monoisotopic (exact) mass is 113 g/mol. The third-order valence-electron chi connectivity index (χ3n) is 1.48. The first-order valence-corrected chi connectivity index (χ1v) is 2.93. The van der Waals surface area contributed by atoms with Gasteiger partial charge in [0.15, 0.2) is 0 Å². The van der Waals surface area contributed by atoms with E-state index in [9.17, 15) is 5.11 Å². The number of allylic oxidation sites excluding steroid dienone is 1. The molecule has 8 heavy (non-hydrogen) atoms. The summed E-state index contributed by atoms with van der Waals surface area (Å²) in [4.78, 5) is 0. The van der Waals surface area contributed by atoms with Crippen LogP contribution in [0.3, 0.4) is 0 Å². The summed E-state index contributed by atoms with van der Waals surface area (Å²) < 4.78 is 0. The normalized spacial score (nSPS) is 16.2. The summed E-state index contributed by atoms with van der Waals surface area (Å²) in [6.07, 6.45) is 1.99. The molecule has 0 amide bonds. The summed E-state index contributed by atoms with van der Waals surface area (Å²) in [6, 6.07) is 0. The fraction of sp³-hybridized carbons (Fsp3) is 0.714. The Balaban J connectivity index is 3.63. The molecule has 0 aromatic carbocycles. The Labute approximate surface area is 51.0 Å². The van der Waals surface area contributed by atoms with Crippen molar-refractivity contribution in [3.05, 3.63) is 11.6 Å². The molecule has 0 rings (SSSR count). The minimum atomic E-state index is 0.0101. The molecule has 0 saturated carbocycles. The van der Waals surface area contributed by atoms with Gasteiger partial charge in [-0.2, -0.15) is 0 Å². The van der Waals surface area contributed by atoms with Gasteiger partial charge in [-0.1, -0.05) is 18.6 Å². The smallest absolute Gasteiger partial charge is 0.0884 e. The van der Waals surface area contributed by atoms with Crippen molar-refractivity contribution in [2.75, 3.05) is 6.61 Å². The van der Waals surface area contributed by atoms with Crippen LogP contribution in [0.25, 0.3) is 0 Å². The summed E-state index contributed by atoms with van der Waals surface area (Å²) in [5, 5.41) is 10.2. The highest BCUT2D eigenvalue weighted by molar-refractivity contribution is 4.99. The van der Waals surface area contributed by atoms with Gasteiger partial charge in [-0.15, -0.1) is 0 Å². The quantitative estimate of drug-likeness (QED) is 0.488. The van der Waals surface area contributed by atoms with Crippen molar-refractivity contribution in [2.24, 2.45) is 5.92 Å². The molecule has 1 heteroatoms. The predicted octanol–water partition coefficient (Wildman–Crippen LogP) is 2.02. The third-order valence-corrected chi connectivity index (χ3v) is 1.48. The maximum absolute atomic E-state index is 10.2. The van der Waals surface area contributed by atoms with Crippen LogP contribution < -0.4 is 0 Å². The van der Waals surface area contributed by atoms with E-state index < -0.39 is 0 Å². The van der Waals surface area contributed by atoms with Crippen molar-refractivity contribution in [2.45, 2.75) is 20.8 Å². The van der Waals surface area contributed by atoms with Gasteiger partial charge in [-0.05, 0) is 13.8 Å². The fourth-order valence-electron chi connectivity index (χ4n) is 0.416. The molecule has 1 nitrogen and oxygen atoms in total. The zero-order valence-electron chi connectivity index (χ0n) is 5.77. The van der Waals surface area contributed by atoms with E-state index >= 15 is 0 Å². The average Bonchev–Trinajstić information content (AvgIpc) is 1.84. The molecule has 1 atom stereocenters. The minimum absolute atomic E-state index is 0.0101. The summed E-state index contributed by atoms with van der Waals surface area (Å²) in [5.41, 5.74) is 1.19. The second-order valence-corrected chi connectivity index (χ2v) is 2.10. The standard InChI is InChI=1S/C7H13O/c1-4-6(2)7(3)5-8/h4,7H,5H2,1-3H3. The highest BCUT2D eigenvalue weighted by Gasteiger charge is 1.99. The highest BCUT2D eigenvalue weighted by atomic mass is 16.3. The van der Waals surface area contributed by atoms with Gasteiger partial charge in [0.1, 0.15) is 0 Å². The van der Waals surface area contributed by atoms with Crippen LogP contribution in [0.15, 0.2) is 11.6 Å². The van der Waals surface area contributed by atoms with Gasteiger partial charge >= 0.3 is 0 Å². The van der Waals surface area contributed by atoms with Gasteiger partial charge in [0.05, 0.1) is 6.61 Å². The third kappa shape index (κ3) is 2.12. The molecule has 1 radical (unpaired) electrons. The topological polar surface area (TPSA) is 19.9 Å². The lowest BCUT2D eigenvalue weighted by Crippen LogP contribution is -1.99. The molecule has 0 heterocycles. The van der Waals surface area contributed by atoms with Gasteiger partial charge < -0.3 is 0 Å². The van der Waals surface area contributed by atoms with E-state index in [0.717, 1.165) is 0 Å². The zero-order valence-corrected chi connectivity index (χ0v) is 5.77. The van der Waals surface area contributed by atoms with Crippen LogP contribution in [0.5, 0.6) is 0 Å². The lowest BCUT2D eigenvalue weighted by atomic mass is 10.0. The van der Waals surface area contributed by atoms with Gasteiger partial charge in [0.2, 0.25) is 0 Å². The molecule has 0 bridgehead atoms. The average molecular weight is 113 g/mol. The highest BCUT2D eigenvalue weighted by Crippen LogP contribution is 2.06. The summed E-state index contributed by atoms with van der Waals surface area (Å²) in [7, 11) is 0. The Morgan fingerprint density at radius 3 is 2.38 bits per heavy atom. The first-order valence-electron chi connectivity index (χ1n) is 2.93. The lowest BCUT2D eigenvalue weighted by molar-refractivity contribution is 0.164. The van der Waals surface area contributed by atoms with E-state index in [1.165, 1.54) is 5.57 Å². The van der Waals surface area contributed by atoms with Crippen LogP contribution in [0.2, 0.25) is 0 Å². The van der Waals surface area contributed by atoms with Crippen LogP contribution in [-0.2, 0) is 5.11 Å². The van der Waals surface area contributed by atoms with E-state index in [1.54, 1.807) is 0 Å². The molecule has 0 saturated heterocycles. The van der Waals surface area contributed by atoms with Gasteiger partial charge in [-0.3, -0.25) is 0 Å². The summed E-state index contributed by atoms with van der Waals surface area (Å²) in [6.45, 7) is 5.91. The summed E-state index contributed by atoms with van der Waals surface area (Å²) >= 11 is 0. The largest absolute Gasteiger partial charge is 0.236 e. The molecule has 0 aliphatic rings. The van der Waals surface area contributed by atoms with Gasteiger partial charge in [0.25, 0.3) is 0 Å². The van der Waals surface area contributed by atoms with Crippen LogP contribution >= 0.6 is 0 Å². The minimum Gasteiger partial charge on any atom is -0.236 e. The van der Waals surface area contributed by atoms with Crippen LogP contribution in [0, 0.1) is 5.92 Å².